The average Bonchev–Trinajstić information content (AvgIpc) is 2.55. The lowest BCUT2D eigenvalue weighted by atomic mass is 10.0. The SMILES string of the molecule is COc1ccc(N)c(CCNC2CCN(C(=O)OC(C)(C)C)CC2)c1. The van der Waals surface area contributed by atoms with Crippen molar-refractivity contribution in [2.45, 2.75) is 51.7 Å². The second-order valence-corrected chi connectivity index (χ2v) is 7.51. The van der Waals surface area contributed by atoms with Crippen LogP contribution in [0.4, 0.5) is 10.5 Å². The zero-order chi connectivity index (χ0) is 18.4. The number of anilines is 1. The molecule has 0 saturated carbocycles. The monoisotopic (exact) mass is 349 g/mol. The minimum Gasteiger partial charge on any atom is -0.497 e. The molecule has 1 aromatic rings. The molecule has 3 N–H and O–H groups in total. The summed E-state index contributed by atoms with van der Waals surface area (Å²) in [6.45, 7) is 7.99. The van der Waals surface area contributed by atoms with Crippen LogP contribution in [0, 0.1) is 0 Å². The summed E-state index contributed by atoms with van der Waals surface area (Å²) in [6, 6.07) is 6.17. The number of piperidine rings is 1. The first-order valence-electron chi connectivity index (χ1n) is 8.92. The topological polar surface area (TPSA) is 76.8 Å². The third-order valence-corrected chi connectivity index (χ3v) is 4.32. The summed E-state index contributed by atoms with van der Waals surface area (Å²) < 4.78 is 10.7. The van der Waals surface area contributed by atoms with Crippen LogP contribution >= 0.6 is 0 Å². The molecule has 1 aliphatic rings. The number of rotatable bonds is 5. The molecule has 1 aliphatic heterocycles. The number of methoxy groups -OCH3 is 1. The number of carbonyl (C=O) groups excluding carboxylic acids is 1. The Morgan fingerprint density at radius 3 is 2.60 bits per heavy atom. The van der Waals surface area contributed by atoms with Crippen LogP contribution in [0.5, 0.6) is 5.75 Å². The predicted octanol–water partition coefficient (Wildman–Crippen LogP) is 2.81. The second-order valence-electron chi connectivity index (χ2n) is 7.51. The lowest BCUT2D eigenvalue weighted by Gasteiger charge is -2.33. The zero-order valence-electron chi connectivity index (χ0n) is 15.8. The molecule has 6 nitrogen and oxygen atoms in total. The zero-order valence-corrected chi connectivity index (χ0v) is 15.8. The second kappa shape index (κ2) is 8.43. The number of carbonyl (C=O) groups is 1. The quantitative estimate of drug-likeness (QED) is 0.800. The number of hydrogen-bond acceptors (Lipinski definition) is 5. The van der Waals surface area contributed by atoms with Gasteiger partial charge in [-0.2, -0.15) is 0 Å². The summed E-state index contributed by atoms with van der Waals surface area (Å²) in [7, 11) is 1.66. The van der Waals surface area contributed by atoms with Gasteiger partial charge in [-0.15, -0.1) is 0 Å². The standard InChI is InChI=1S/C19H31N3O3/c1-19(2,3)25-18(23)22-11-8-15(9-12-22)21-10-7-14-13-16(24-4)5-6-17(14)20/h5-6,13,15,21H,7-12,20H2,1-4H3. The van der Waals surface area contributed by atoms with Crippen molar-refractivity contribution in [3.8, 4) is 5.75 Å². The van der Waals surface area contributed by atoms with E-state index in [9.17, 15) is 4.79 Å². The Hall–Kier alpha value is -1.95. The molecule has 0 atom stereocenters. The summed E-state index contributed by atoms with van der Waals surface area (Å²) in [4.78, 5) is 13.9. The van der Waals surface area contributed by atoms with Gasteiger partial charge >= 0.3 is 6.09 Å². The van der Waals surface area contributed by atoms with E-state index in [1.54, 1.807) is 12.0 Å². The molecular weight excluding hydrogens is 318 g/mol. The maximum absolute atomic E-state index is 12.1. The molecule has 140 valence electrons. The summed E-state index contributed by atoms with van der Waals surface area (Å²) in [5.74, 6) is 0.829. The van der Waals surface area contributed by atoms with Crippen LogP contribution in [0.15, 0.2) is 18.2 Å². The summed E-state index contributed by atoms with van der Waals surface area (Å²) >= 11 is 0. The van der Waals surface area contributed by atoms with Crippen LogP contribution in [0.2, 0.25) is 0 Å². The predicted molar refractivity (Wildman–Crippen MR) is 99.9 cm³/mol. The van der Waals surface area contributed by atoms with Crippen molar-refractivity contribution in [1.29, 1.82) is 0 Å². The molecule has 1 amide bonds. The van der Waals surface area contributed by atoms with Crippen molar-refractivity contribution in [3.05, 3.63) is 23.8 Å². The minimum atomic E-state index is -0.442. The molecular formula is C19H31N3O3. The Kier molecular flexibility index (Phi) is 6.53. The molecule has 1 heterocycles. The highest BCUT2D eigenvalue weighted by Crippen LogP contribution is 2.20. The maximum atomic E-state index is 12.1. The Morgan fingerprint density at radius 1 is 1.32 bits per heavy atom. The first-order chi connectivity index (χ1) is 11.8. The number of benzene rings is 1. The van der Waals surface area contributed by atoms with Crippen molar-refractivity contribution >= 4 is 11.8 Å². The maximum Gasteiger partial charge on any atom is 0.410 e. The fraction of sp³-hybridized carbons (Fsp3) is 0.632. The number of likely N-dealkylation sites (tertiary alicyclic amines) is 1. The number of ether oxygens (including phenoxy) is 2. The summed E-state index contributed by atoms with van der Waals surface area (Å²) in [6.07, 6.45) is 2.52. The molecule has 1 aromatic carbocycles. The van der Waals surface area contributed by atoms with Crippen LogP contribution in [0.1, 0.15) is 39.2 Å². The van der Waals surface area contributed by atoms with Gasteiger partial charge < -0.3 is 25.4 Å². The van der Waals surface area contributed by atoms with Gasteiger partial charge in [0.2, 0.25) is 0 Å². The van der Waals surface area contributed by atoms with Gasteiger partial charge in [-0.1, -0.05) is 0 Å². The lowest BCUT2D eigenvalue weighted by molar-refractivity contribution is 0.0198. The Balaban J connectivity index is 1.73. The van der Waals surface area contributed by atoms with Crippen LogP contribution in [-0.4, -0.2) is 49.4 Å². The highest BCUT2D eigenvalue weighted by atomic mass is 16.6. The molecule has 0 bridgehead atoms. The van der Waals surface area contributed by atoms with E-state index in [-0.39, 0.29) is 6.09 Å². The van der Waals surface area contributed by atoms with Gasteiger partial charge in [0, 0.05) is 24.8 Å². The van der Waals surface area contributed by atoms with E-state index in [0.717, 1.165) is 55.9 Å². The largest absolute Gasteiger partial charge is 0.497 e. The third kappa shape index (κ3) is 6.12. The van der Waals surface area contributed by atoms with Gasteiger partial charge in [0.15, 0.2) is 0 Å². The summed E-state index contributed by atoms with van der Waals surface area (Å²) in [5.41, 5.74) is 7.47. The van der Waals surface area contributed by atoms with Crippen molar-refractivity contribution in [2.24, 2.45) is 0 Å². The normalized spacial score (nSPS) is 15.9. The number of nitrogen functional groups attached to an aromatic ring is 1. The number of hydrogen-bond donors (Lipinski definition) is 2. The van der Waals surface area contributed by atoms with Gasteiger partial charge in [-0.25, -0.2) is 4.79 Å². The minimum absolute atomic E-state index is 0.213. The van der Waals surface area contributed by atoms with Gasteiger partial charge in [-0.3, -0.25) is 0 Å². The Bertz CT molecular complexity index is 576. The Labute approximate surface area is 150 Å². The number of nitrogens with one attached hydrogen (secondary N) is 1. The smallest absolute Gasteiger partial charge is 0.410 e. The van der Waals surface area contributed by atoms with E-state index >= 15 is 0 Å². The van der Waals surface area contributed by atoms with Crippen LogP contribution < -0.4 is 15.8 Å². The molecule has 0 aliphatic carbocycles. The molecule has 25 heavy (non-hydrogen) atoms. The molecule has 2 rings (SSSR count). The first kappa shape index (κ1) is 19.4. The molecule has 0 unspecified atom stereocenters. The highest BCUT2D eigenvalue weighted by Gasteiger charge is 2.26. The van der Waals surface area contributed by atoms with Crippen molar-refractivity contribution in [3.63, 3.8) is 0 Å². The molecule has 1 fully saturated rings. The number of nitrogens with two attached hydrogens (primary N) is 1. The number of amides is 1. The molecule has 0 spiro atoms. The fourth-order valence-corrected chi connectivity index (χ4v) is 2.93. The Morgan fingerprint density at radius 2 is 2.00 bits per heavy atom. The van der Waals surface area contributed by atoms with Gasteiger partial charge in [0.1, 0.15) is 11.4 Å². The van der Waals surface area contributed by atoms with E-state index in [2.05, 4.69) is 5.32 Å². The molecule has 1 saturated heterocycles. The third-order valence-electron chi connectivity index (χ3n) is 4.32. The van der Waals surface area contributed by atoms with Crippen molar-refractivity contribution < 1.29 is 14.3 Å². The fourth-order valence-electron chi connectivity index (χ4n) is 2.93. The van der Waals surface area contributed by atoms with Crippen LogP contribution in [-0.2, 0) is 11.2 Å². The van der Waals surface area contributed by atoms with Gasteiger partial charge in [0.05, 0.1) is 7.11 Å². The highest BCUT2D eigenvalue weighted by molar-refractivity contribution is 5.68. The first-order valence-corrected chi connectivity index (χ1v) is 8.92. The van der Waals surface area contributed by atoms with E-state index in [0.29, 0.717) is 6.04 Å². The average molecular weight is 349 g/mol. The van der Waals surface area contributed by atoms with Crippen molar-refractivity contribution in [1.82, 2.24) is 10.2 Å². The van der Waals surface area contributed by atoms with E-state index in [4.69, 9.17) is 15.2 Å². The lowest BCUT2D eigenvalue weighted by Crippen LogP contribution is -2.46. The van der Waals surface area contributed by atoms with Crippen LogP contribution in [0.25, 0.3) is 0 Å². The summed E-state index contributed by atoms with van der Waals surface area (Å²) in [5, 5.41) is 3.57. The molecule has 6 heteroatoms. The van der Waals surface area contributed by atoms with Gasteiger partial charge in [-0.05, 0) is 70.3 Å². The van der Waals surface area contributed by atoms with E-state index in [1.807, 2.05) is 39.0 Å². The molecule has 0 radical (unpaired) electrons. The van der Waals surface area contributed by atoms with Crippen molar-refractivity contribution in [2.75, 3.05) is 32.5 Å². The number of nitrogens with zero attached hydrogens (tertiary/aromatic N) is 1. The van der Waals surface area contributed by atoms with E-state index in [1.165, 1.54) is 0 Å². The van der Waals surface area contributed by atoms with Crippen LogP contribution in [0.3, 0.4) is 0 Å². The van der Waals surface area contributed by atoms with Gasteiger partial charge in [0.25, 0.3) is 0 Å². The van der Waals surface area contributed by atoms with E-state index < -0.39 is 5.60 Å². The molecule has 0 aromatic heterocycles.